The molecule has 0 aliphatic carbocycles. The van der Waals surface area contributed by atoms with E-state index < -0.39 is 0 Å². The zero-order valence-electron chi connectivity index (χ0n) is 19.8. The molecule has 0 saturated carbocycles. The number of amides is 2. The molecular formula is C25H28ClN5O3S. The Labute approximate surface area is 213 Å². The topological polar surface area (TPSA) is 87.7 Å². The van der Waals surface area contributed by atoms with Crippen LogP contribution in [-0.2, 0) is 9.53 Å². The number of hydrogen-bond acceptors (Lipinski definition) is 7. The lowest BCUT2D eigenvalue weighted by Gasteiger charge is -2.35. The molecule has 0 atom stereocenters. The smallest absolute Gasteiger partial charge is 0.257 e. The minimum absolute atomic E-state index is 0.00730. The number of anilines is 2. The largest absolute Gasteiger partial charge is 0.378 e. The maximum absolute atomic E-state index is 13.5. The second-order valence-electron chi connectivity index (χ2n) is 9.04. The van der Waals surface area contributed by atoms with E-state index in [0.29, 0.717) is 62.8 Å². The van der Waals surface area contributed by atoms with Crippen molar-refractivity contribution < 1.29 is 14.3 Å². The number of piperidine rings is 1. The number of carbonyl (C=O) groups excluding carboxylic acids is 2. The fraction of sp³-hybridized carbons (Fsp3) is 0.440. The molecule has 5 rings (SSSR count). The zero-order valence-corrected chi connectivity index (χ0v) is 21.4. The van der Waals surface area contributed by atoms with Crippen LogP contribution in [0.4, 0.5) is 11.4 Å². The van der Waals surface area contributed by atoms with Crippen LogP contribution in [0.2, 0.25) is 5.02 Å². The van der Waals surface area contributed by atoms with Crippen LogP contribution in [0.1, 0.15) is 34.5 Å². The first kappa shape index (κ1) is 24.0. The molecule has 2 amide bonds. The van der Waals surface area contributed by atoms with E-state index in [1.807, 2.05) is 36.9 Å². The molecule has 0 spiro atoms. The van der Waals surface area contributed by atoms with Crippen LogP contribution >= 0.6 is 23.1 Å². The minimum Gasteiger partial charge on any atom is -0.378 e. The fourth-order valence-corrected chi connectivity index (χ4v) is 5.73. The van der Waals surface area contributed by atoms with Gasteiger partial charge in [-0.1, -0.05) is 17.7 Å². The summed E-state index contributed by atoms with van der Waals surface area (Å²) in [6, 6.07) is 5.53. The first-order valence-electron chi connectivity index (χ1n) is 11.9. The van der Waals surface area contributed by atoms with Crippen molar-refractivity contribution in [3.05, 3.63) is 46.2 Å². The van der Waals surface area contributed by atoms with E-state index >= 15 is 0 Å². The van der Waals surface area contributed by atoms with Gasteiger partial charge in [-0.2, -0.15) is 4.37 Å². The molecule has 3 aromatic rings. The van der Waals surface area contributed by atoms with E-state index in [9.17, 15) is 9.59 Å². The second-order valence-corrected chi connectivity index (χ2v) is 10.2. The van der Waals surface area contributed by atoms with Gasteiger partial charge in [-0.05, 0) is 55.9 Å². The lowest BCUT2D eigenvalue weighted by Crippen LogP contribution is -2.42. The lowest BCUT2D eigenvalue weighted by molar-refractivity contribution is -0.120. The number of ether oxygens (including phenoxy) is 1. The van der Waals surface area contributed by atoms with Crippen LogP contribution in [0.3, 0.4) is 0 Å². The molecule has 2 aliphatic heterocycles. The summed E-state index contributed by atoms with van der Waals surface area (Å²) < 4.78 is 9.93. The number of carbonyl (C=O) groups is 2. The standard InChI is InChI=1S/C25H28ClN5O3S/c1-15-19(26)4-3-5-20(15)28-23(32)17-6-8-30(9-7-17)22-18(25(33)31-10-12-34-13-11-31)14-27-24-21(22)16(2)29-35-24/h3-5,14,17H,6-13H2,1-2H3,(H,28,32). The van der Waals surface area contributed by atoms with E-state index in [1.165, 1.54) is 11.5 Å². The number of rotatable bonds is 4. The number of nitrogens with one attached hydrogen (secondary N) is 1. The monoisotopic (exact) mass is 513 g/mol. The summed E-state index contributed by atoms with van der Waals surface area (Å²) in [5.74, 6) is -0.130. The van der Waals surface area contributed by atoms with Gasteiger partial charge in [0.15, 0.2) is 0 Å². The van der Waals surface area contributed by atoms with Crippen molar-refractivity contribution in [2.24, 2.45) is 5.92 Å². The molecule has 1 N–H and O–H groups in total. The third-order valence-electron chi connectivity index (χ3n) is 6.88. The maximum Gasteiger partial charge on any atom is 0.257 e. The molecular weight excluding hydrogens is 486 g/mol. The summed E-state index contributed by atoms with van der Waals surface area (Å²) in [6.07, 6.45) is 3.07. The fourth-order valence-electron chi connectivity index (χ4n) is 4.80. The molecule has 4 heterocycles. The number of hydrogen-bond donors (Lipinski definition) is 1. The molecule has 2 aliphatic rings. The number of benzene rings is 1. The van der Waals surface area contributed by atoms with Crippen LogP contribution < -0.4 is 10.2 Å². The first-order valence-corrected chi connectivity index (χ1v) is 13.0. The van der Waals surface area contributed by atoms with Crippen molar-refractivity contribution in [1.29, 1.82) is 0 Å². The molecule has 2 saturated heterocycles. The predicted molar refractivity (Wildman–Crippen MR) is 139 cm³/mol. The molecule has 10 heteroatoms. The molecule has 0 bridgehead atoms. The average Bonchev–Trinajstić information content (AvgIpc) is 3.27. The number of morpholine rings is 1. The summed E-state index contributed by atoms with van der Waals surface area (Å²) in [5, 5.41) is 4.62. The number of fused-ring (bicyclic) bond motifs is 1. The van der Waals surface area contributed by atoms with Crippen molar-refractivity contribution in [1.82, 2.24) is 14.3 Å². The Hall–Kier alpha value is -2.75. The van der Waals surface area contributed by atoms with Crippen LogP contribution in [-0.4, -0.2) is 65.5 Å². The Kier molecular flexibility index (Phi) is 6.91. The molecule has 1 aromatic carbocycles. The van der Waals surface area contributed by atoms with Crippen molar-refractivity contribution in [3.63, 3.8) is 0 Å². The van der Waals surface area contributed by atoms with Crippen LogP contribution in [0, 0.1) is 19.8 Å². The highest BCUT2D eigenvalue weighted by Crippen LogP contribution is 2.37. The van der Waals surface area contributed by atoms with E-state index in [4.69, 9.17) is 16.3 Å². The van der Waals surface area contributed by atoms with Crippen molar-refractivity contribution in [2.75, 3.05) is 49.6 Å². The van der Waals surface area contributed by atoms with Gasteiger partial charge in [0.05, 0.1) is 35.5 Å². The van der Waals surface area contributed by atoms with Gasteiger partial charge in [0.25, 0.3) is 5.91 Å². The first-order chi connectivity index (χ1) is 16.9. The Morgan fingerprint density at radius 2 is 1.89 bits per heavy atom. The molecule has 8 nitrogen and oxygen atoms in total. The quantitative estimate of drug-likeness (QED) is 0.560. The minimum atomic E-state index is -0.109. The van der Waals surface area contributed by atoms with E-state index in [-0.39, 0.29) is 17.7 Å². The van der Waals surface area contributed by atoms with Crippen LogP contribution in [0.15, 0.2) is 24.4 Å². The maximum atomic E-state index is 13.5. The van der Waals surface area contributed by atoms with Gasteiger partial charge < -0.3 is 19.9 Å². The Balaban J connectivity index is 1.37. The van der Waals surface area contributed by atoms with Crippen LogP contribution in [0.5, 0.6) is 0 Å². The molecule has 35 heavy (non-hydrogen) atoms. The van der Waals surface area contributed by atoms with E-state index in [0.717, 1.165) is 32.8 Å². The summed E-state index contributed by atoms with van der Waals surface area (Å²) in [6.45, 7) is 7.43. The summed E-state index contributed by atoms with van der Waals surface area (Å²) in [7, 11) is 0. The molecule has 0 unspecified atom stereocenters. The second kappa shape index (κ2) is 10.1. The van der Waals surface area contributed by atoms with Crippen molar-refractivity contribution in [2.45, 2.75) is 26.7 Å². The third kappa shape index (κ3) is 4.72. The predicted octanol–water partition coefficient (Wildman–Crippen LogP) is 4.29. The highest BCUT2D eigenvalue weighted by atomic mass is 35.5. The lowest BCUT2D eigenvalue weighted by atomic mass is 9.94. The summed E-state index contributed by atoms with van der Waals surface area (Å²) in [4.78, 5) is 35.9. The van der Waals surface area contributed by atoms with Gasteiger partial charge in [-0.3, -0.25) is 9.59 Å². The number of pyridine rings is 1. The van der Waals surface area contributed by atoms with E-state index in [2.05, 4.69) is 19.6 Å². The van der Waals surface area contributed by atoms with Gasteiger partial charge in [0, 0.05) is 49.0 Å². The number of nitrogens with zero attached hydrogens (tertiary/aromatic N) is 4. The highest BCUT2D eigenvalue weighted by Gasteiger charge is 2.31. The van der Waals surface area contributed by atoms with Gasteiger partial charge in [-0.25, -0.2) is 4.98 Å². The highest BCUT2D eigenvalue weighted by molar-refractivity contribution is 7.13. The Morgan fingerprint density at radius 3 is 2.63 bits per heavy atom. The molecule has 0 radical (unpaired) electrons. The number of halogens is 1. The van der Waals surface area contributed by atoms with E-state index in [1.54, 1.807) is 6.20 Å². The average molecular weight is 514 g/mol. The zero-order chi connectivity index (χ0) is 24.5. The van der Waals surface area contributed by atoms with Crippen molar-refractivity contribution in [3.8, 4) is 0 Å². The SMILES string of the molecule is Cc1c(Cl)cccc1NC(=O)C1CCN(c2c(C(=O)N3CCOCC3)cnc3snc(C)c23)CC1. The summed E-state index contributed by atoms with van der Waals surface area (Å²) in [5.41, 5.74) is 3.98. The van der Waals surface area contributed by atoms with Crippen LogP contribution in [0.25, 0.3) is 10.2 Å². The van der Waals surface area contributed by atoms with Gasteiger partial charge in [0.1, 0.15) is 4.83 Å². The number of aryl methyl sites for hydroxylation is 1. The number of aromatic nitrogens is 2. The molecule has 184 valence electrons. The third-order valence-corrected chi connectivity index (χ3v) is 8.14. The summed E-state index contributed by atoms with van der Waals surface area (Å²) >= 11 is 7.56. The molecule has 2 aromatic heterocycles. The van der Waals surface area contributed by atoms with Crippen molar-refractivity contribution >= 4 is 56.5 Å². The van der Waals surface area contributed by atoms with Gasteiger partial charge >= 0.3 is 0 Å². The normalized spacial score (nSPS) is 17.1. The Bertz CT molecular complexity index is 1270. The molecule has 2 fully saturated rings. The van der Waals surface area contributed by atoms with Gasteiger partial charge in [0.2, 0.25) is 5.91 Å². The van der Waals surface area contributed by atoms with Gasteiger partial charge in [-0.15, -0.1) is 0 Å². The Morgan fingerprint density at radius 1 is 1.14 bits per heavy atom.